The summed E-state index contributed by atoms with van der Waals surface area (Å²) < 4.78 is 72.9. The van der Waals surface area contributed by atoms with Crippen LogP contribution in [0.2, 0.25) is 0 Å². The summed E-state index contributed by atoms with van der Waals surface area (Å²) in [6.45, 7) is 7.08. The molecule has 1 N–H and O–H groups in total. The third-order valence-corrected chi connectivity index (χ3v) is 9.54. The fourth-order valence-corrected chi connectivity index (χ4v) is 7.21. The Morgan fingerprint density at radius 2 is 1.89 bits per heavy atom. The molecule has 4 aromatic rings. The predicted molar refractivity (Wildman–Crippen MR) is 215 cm³/mol. The van der Waals surface area contributed by atoms with E-state index in [2.05, 4.69) is 24.7 Å². The minimum Gasteiger partial charge on any atom is -0.813 e. The number of nitrogens with zero attached hydrogens (tertiary/aromatic N) is 5. The van der Waals surface area contributed by atoms with Crippen molar-refractivity contribution < 1.29 is 36.9 Å². The normalized spacial score (nSPS) is 17.6. The van der Waals surface area contributed by atoms with Gasteiger partial charge in [0.25, 0.3) is 0 Å². The maximum Gasteiger partial charge on any atom is -0.153 e. The van der Waals surface area contributed by atoms with Gasteiger partial charge in [0, 0.05) is 13.1 Å². The Morgan fingerprint density at radius 3 is 2.64 bits per heavy atom. The minimum absolute atomic E-state index is 0. The number of carbonyl (C=O) groups is 1. The Labute approximate surface area is 345 Å². The zero-order valence-corrected chi connectivity index (χ0v) is 38.3. The number of fused-ring (bicyclic) bond motifs is 2. The van der Waals surface area contributed by atoms with E-state index in [1.54, 1.807) is 44.0 Å². The average Bonchev–Trinajstić information content (AvgIpc) is 3.12. The molecular weight excluding hydrogens is 945 g/mol. The first-order valence-electron chi connectivity index (χ1n) is 17.7. The molecule has 2 aliphatic rings. The number of anilines is 1. The van der Waals surface area contributed by atoms with Crippen LogP contribution in [0.5, 0.6) is 11.8 Å². The van der Waals surface area contributed by atoms with E-state index in [1.807, 2.05) is 0 Å². The average molecular weight is 991 g/mol. The van der Waals surface area contributed by atoms with Gasteiger partial charge in [0.15, 0.2) is 0 Å². The second-order valence-electron chi connectivity index (χ2n) is 14.1. The molecule has 6 rings (SSSR count). The number of halogens is 3. The van der Waals surface area contributed by atoms with Gasteiger partial charge in [0.05, 0.1) is 0 Å². The van der Waals surface area contributed by atoms with E-state index in [4.69, 9.17) is 23.9 Å². The third kappa shape index (κ3) is 10.6. The molecule has 0 saturated carbocycles. The van der Waals surface area contributed by atoms with Crippen molar-refractivity contribution in [3.8, 4) is 32.4 Å². The molecule has 2 aromatic heterocycles. The van der Waals surface area contributed by atoms with Gasteiger partial charge in [-0.05, 0) is 65.3 Å². The van der Waals surface area contributed by atoms with Crippen LogP contribution in [0.1, 0.15) is 58.4 Å². The van der Waals surface area contributed by atoms with Crippen LogP contribution < -0.4 is 19.8 Å². The molecular formula is C38H46F3N6O5PSTl-. The van der Waals surface area contributed by atoms with Crippen LogP contribution in [0, 0.1) is 27.0 Å². The third-order valence-electron chi connectivity index (χ3n) is 8.98. The summed E-state index contributed by atoms with van der Waals surface area (Å²) in [5.74, 6) is 1.97. The first kappa shape index (κ1) is 44.5. The SMILES string of the molecule is COCOc1cc(-c2ncc3c(N4CCCCN4C(=O)OC(C)(C)C)nc(OC[C@@H]4CCCNC[C@H](F)C4)nc3c2F)c2c(C#[C][Tl])c(F)ccc2c1.P.[SH-]. The van der Waals surface area contributed by atoms with Gasteiger partial charge in [-0.1, -0.05) is 0 Å². The second kappa shape index (κ2) is 19.8. The van der Waals surface area contributed by atoms with E-state index < -0.39 is 29.5 Å². The van der Waals surface area contributed by atoms with Crippen molar-refractivity contribution in [3.63, 3.8) is 0 Å². The van der Waals surface area contributed by atoms with Crippen molar-refractivity contribution in [2.24, 2.45) is 5.92 Å². The zero-order chi connectivity index (χ0) is 37.7. The summed E-state index contributed by atoms with van der Waals surface area (Å²) in [7, 11) is 1.48. The summed E-state index contributed by atoms with van der Waals surface area (Å²) >= 11 is 0.274. The van der Waals surface area contributed by atoms with E-state index in [1.165, 1.54) is 24.4 Å². The van der Waals surface area contributed by atoms with Crippen LogP contribution in [0.4, 0.5) is 23.8 Å². The smallest absolute Gasteiger partial charge is 0.153 e. The topological polar surface area (TPSA) is 111 Å². The molecule has 0 aliphatic carbocycles. The fourth-order valence-electron chi connectivity index (χ4n) is 6.65. The van der Waals surface area contributed by atoms with Crippen molar-refractivity contribution in [1.29, 1.82) is 0 Å². The second-order valence-corrected chi connectivity index (χ2v) is 15.2. The molecule has 0 bridgehead atoms. The van der Waals surface area contributed by atoms with E-state index in [-0.39, 0.29) is 115 Å². The summed E-state index contributed by atoms with van der Waals surface area (Å²) in [6.07, 6.45) is 3.14. The maximum atomic E-state index is 17.3. The van der Waals surface area contributed by atoms with Crippen LogP contribution in [0.25, 0.3) is 32.9 Å². The van der Waals surface area contributed by atoms with Gasteiger partial charge < -0.3 is 23.5 Å². The van der Waals surface area contributed by atoms with E-state index >= 15 is 8.78 Å². The van der Waals surface area contributed by atoms with E-state index in [0.717, 1.165) is 25.7 Å². The largest absolute Gasteiger partial charge is 0.813 e. The number of rotatable bonds is 8. The number of pyridine rings is 1. The van der Waals surface area contributed by atoms with E-state index in [9.17, 15) is 9.18 Å². The molecule has 0 radical (unpaired) electrons. The molecule has 55 heavy (non-hydrogen) atoms. The molecule has 2 saturated heterocycles. The molecule has 17 heteroatoms. The van der Waals surface area contributed by atoms with Gasteiger partial charge in [-0.15, -0.1) is 0 Å². The van der Waals surface area contributed by atoms with Crippen LogP contribution in [0.15, 0.2) is 30.5 Å². The first-order valence-corrected chi connectivity index (χ1v) is 19.9. The minimum atomic E-state index is -1.04. The molecule has 3 atom stereocenters. The van der Waals surface area contributed by atoms with Crippen molar-refractivity contribution in [2.75, 3.05) is 51.7 Å². The Morgan fingerprint density at radius 1 is 1.11 bits per heavy atom. The maximum absolute atomic E-state index is 17.3. The number of amides is 1. The molecule has 2 fully saturated rings. The molecule has 11 nitrogen and oxygen atoms in total. The van der Waals surface area contributed by atoms with Crippen LogP contribution in [-0.4, -0.2) is 110 Å². The Bertz CT molecular complexity index is 2050. The molecule has 0 spiro atoms. The van der Waals surface area contributed by atoms with Crippen LogP contribution in [-0.2, 0) is 23.0 Å². The number of nitrogens with one attached hydrogen (secondary N) is 1. The number of thiol groups is 1. The number of hydrogen-bond donors (Lipinski definition) is 1. The number of carbonyl (C=O) groups excluding carboxylic acids is 1. The van der Waals surface area contributed by atoms with Crippen molar-refractivity contribution in [3.05, 3.63) is 47.7 Å². The van der Waals surface area contributed by atoms with E-state index in [0.29, 0.717) is 42.6 Å². The Kier molecular flexibility index (Phi) is 16.0. The van der Waals surface area contributed by atoms with Gasteiger partial charge in [-0.3, -0.25) is 0 Å². The standard InChI is InChI=1S/C38H42F3N6O5.H3P.H2S.Tl/c1-6-27-30(40)12-11-24-17-26(51-22-49-5)18-28(31(24)27)33-32(41)34-29(20-43-33)35(46-14-7-8-15-47(46)37(48)52-38(2,3)4)45-36(44-34)50-21-23-10-9-13-42-19-25(39)16-23;;;/h11-12,17-18,20,23,25,42H,7-10,13-16,19,21-22H2,2-5H3;1H3;1H2;/p-1/t23-,25-;;;/m1.../s1. The van der Waals surface area contributed by atoms with Gasteiger partial charge in [-0.25, -0.2) is 9.18 Å². The zero-order valence-electron chi connectivity index (χ0n) is 31.5. The molecule has 294 valence electrons. The number of hydrazine groups is 1. The predicted octanol–water partition coefficient (Wildman–Crippen LogP) is 6.23. The van der Waals surface area contributed by atoms with Crippen molar-refractivity contribution in [2.45, 2.75) is 64.6 Å². The molecule has 2 aromatic carbocycles. The van der Waals surface area contributed by atoms with Gasteiger partial charge in [0.2, 0.25) is 0 Å². The summed E-state index contributed by atoms with van der Waals surface area (Å²) in [5, 5.41) is 7.36. The Balaban J connectivity index is 0.00000336. The Hall–Kier alpha value is -3.17. The van der Waals surface area contributed by atoms with Crippen LogP contribution >= 0.6 is 9.90 Å². The number of hydrogen-bond acceptors (Lipinski definition) is 11. The first-order chi connectivity index (χ1) is 25.5. The number of benzene rings is 2. The number of methoxy groups -OCH3 is 1. The molecule has 4 heterocycles. The summed E-state index contributed by atoms with van der Waals surface area (Å²) in [6, 6.07) is 6.04. The monoisotopic (exact) mass is 991 g/mol. The number of alkyl halides is 1. The van der Waals surface area contributed by atoms with Crippen LogP contribution in [0.3, 0.4) is 0 Å². The van der Waals surface area contributed by atoms with Crippen molar-refractivity contribution >= 4 is 82.7 Å². The van der Waals surface area contributed by atoms with Gasteiger partial charge in [-0.2, -0.15) is 9.90 Å². The summed E-state index contributed by atoms with van der Waals surface area (Å²) in [5.41, 5.74) is -0.655. The van der Waals surface area contributed by atoms with Gasteiger partial charge >= 0.3 is 214 Å². The summed E-state index contributed by atoms with van der Waals surface area (Å²) in [4.78, 5) is 27.4. The number of aromatic nitrogens is 3. The fraction of sp³-hybridized carbons (Fsp3) is 0.474. The number of ether oxygens (including phenoxy) is 4. The molecule has 2 aliphatic heterocycles. The molecule has 1 unspecified atom stereocenters. The quantitative estimate of drug-likeness (QED) is 0.0542. The van der Waals surface area contributed by atoms with Crippen molar-refractivity contribution in [1.82, 2.24) is 25.3 Å². The molecule has 1 amide bonds. The van der Waals surface area contributed by atoms with Gasteiger partial charge in [0.1, 0.15) is 11.8 Å².